The van der Waals surface area contributed by atoms with E-state index in [9.17, 15) is 4.79 Å². The van der Waals surface area contributed by atoms with Gasteiger partial charge in [-0.05, 0) is 24.0 Å². The molecule has 0 saturated carbocycles. The zero-order valence-electron chi connectivity index (χ0n) is 12.9. The summed E-state index contributed by atoms with van der Waals surface area (Å²) in [7, 11) is 0. The van der Waals surface area contributed by atoms with E-state index in [1.807, 2.05) is 24.4 Å². The van der Waals surface area contributed by atoms with Gasteiger partial charge in [-0.25, -0.2) is 0 Å². The molecule has 0 bridgehead atoms. The molecule has 1 aliphatic carbocycles. The van der Waals surface area contributed by atoms with Gasteiger partial charge in [0.2, 0.25) is 0 Å². The van der Waals surface area contributed by atoms with Crippen LogP contribution in [-0.2, 0) is 17.8 Å². The second kappa shape index (κ2) is 4.71. The van der Waals surface area contributed by atoms with Gasteiger partial charge in [0.25, 0.3) is 0 Å². The quantitative estimate of drug-likeness (QED) is 0.809. The van der Waals surface area contributed by atoms with Gasteiger partial charge >= 0.3 is 0 Å². The van der Waals surface area contributed by atoms with Gasteiger partial charge in [0.05, 0.1) is 6.61 Å². The smallest absolute Gasteiger partial charge is 0.189 e. The third-order valence-corrected chi connectivity index (χ3v) is 4.46. The van der Waals surface area contributed by atoms with Crippen LogP contribution in [0.5, 0.6) is 5.75 Å². The number of fused-ring (bicyclic) bond motifs is 2. The highest BCUT2D eigenvalue weighted by molar-refractivity contribution is 5.99. The summed E-state index contributed by atoms with van der Waals surface area (Å²) >= 11 is 0. The number of ketones is 1. The molecule has 1 aromatic heterocycles. The molecular formula is C18H19NO3. The third-order valence-electron chi connectivity index (χ3n) is 4.46. The Morgan fingerprint density at radius 3 is 2.91 bits per heavy atom. The van der Waals surface area contributed by atoms with Crippen molar-refractivity contribution in [2.75, 3.05) is 6.79 Å². The van der Waals surface area contributed by atoms with E-state index in [0.29, 0.717) is 19.8 Å². The first-order valence-corrected chi connectivity index (χ1v) is 7.61. The van der Waals surface area contributed by atoms with Gasteiger partial charge in [0, 0.05) is 41.2 Å². The fourth-order valence-electron chi connectivity index (χ4n) is 3.39. The van der Waals surface area contributed by atoms with E-state index in [0.717, 1.165) is 34.7 Å². The van der Waals surface area contributed by atoms with Crippen LogP contribution in [0.3, 0.4) is 0 Å². The van der Waals surface area contributed by atoms with Gasteiger partial charge in [-0.2, -0.15) is 0 Å². The summed E-state index contributed by atoms with van der Waals surface area (Å²) in [6, 6.07) is 8.07. The predicted molar refractivity (Wildman–Crippen MR) is 82.5 cm³/mol. The highest BCUT2D eigenvalue weighted by Gasteiger charge is 2.33. The Morgan fingerprint density at radius 1 is 1.18 bits per heavy atom. The molecule has 4 heteroatoms. The maximum Gasteiger partial charge on any atom is 0.189 e. The van der Waals surface area contributed by atoms with Crippen molar-refractivity contribution < 1.29 is 14.3 Å². The molecule has 0 N–H and O–H groups in total. The molecule has 0 spiro atoms. The van der Waals surface area contributed by atoms with Crippen molar-refractivity contribution in [3.8, 4) is 11.4 Å². The van der Waals surface area contributed by atoms with Crippen molar-refractivity contribution >= 4 is 5.78 Å². The van der Waals surface area contributed by atoms with Crippen molar-refractivity contribution in [3.63, 3.8) is 0 Å². The number of benzene rings is 1. The summed E-state index contributed by atoms with van der Waals surface area (Å²) in [4.78, 5) is 12.3. The van der Waals surface area contributed by atoms with Gasteiger partial charge < -0.3 is 14.0 Å². The molecule has 0 atom stereocenters. The van der Waals surface area contributed by atoms with Crippen LogP contribution in [0.15, 0.2) is 30.5 Å². The molecule has 0 unspecified atom stereocenters. The van der Waals surface area contributed by atoms with E-state index in [2.05, 4.69) is 24.5 Å². The lowest BCUT2D eigenvalue weighted by Gasteiger charge is -2.30. The number of carbonyl (C=O) groups is 1. The highest BCUT2D eigenvalue weighted by atomic mass is 16.7. The molecule has 2 aliphatic rings. The van der Waals surface area contributed by atoms with Gasteiger partial charge in [-0.1, -0.05) is 19.9 Å². The first kappa shape index (κ1) is 13.6. The minimum absolute atomic E-state index is 0.0126. The lowest BCUT2D eigenvalue weighted by atomic mass is 9.76. The van der Waals surface area contributed by atoms with Crippen LogP contribution in [0.4, 0.5) is 0 Å². The number of Topliss-reactive ketones (excluding diaryl/α,β-unsaturated/α-hetero) is 1. The van der Waals surface area contributed by atoms with Crippen LogP contribution in [0.25, 0.3) is 5.69 Å². The molecular weight excluding hydrogens is 278 g/mol. The summed E-state index contributed by atoms with van der Waals surface area (Å²) in [6.45, 7) is 5.19. The number of ether oxygens (including phenoxy) is 2. The monoisotopic (exact) mass is 297 g/mol. The van der Waals surface area contributed by atoms with Gasteiger partial charge in [0.1, 0.15) is 5.75 Å². The van der Waals surface area contributed by atoms with Crippen molar-refractivity contribution in [1.29, 1.82) is 0 Å². The molecule has 2 aromatic rings. The van der Waals surface area contributed by atoms with Gasteiger partial charge in [-0.15, -0.1) is 0 Å². The number of carbonyl (C=O) groups excluding carboxylic acids is 1. The number of aromatic nitrogens is 1. The van der Waals surface area contributed by atoms with E-state index in [1.165, 1.54) is 0 Å². The summed E-state index contributed by atoms with van der Waals surface area (Å²) in [5, 5.41) is 0. The number of rotatable bonds is 1. The Kier molecular flexibility index (Phi) is 2.91. The third kappa shape index (κ3) is 2.15. The minimum atomic E-state index is 0.0126. The summed E-state index contributed by atoms with van der Waals surface area (Å²) in [6.07, 6.45) is 3.52. The Balaban J connectivity index is 1.80. The van der Waals surface area contributed by atoms with E-state index in [1.54, 1.807) is 0 Å². The zero-order chi connectivity index (χ0) is 15.3. The predicted octanol–water partition coefficient (Wildman–Crippen LogP) is 3.50. The molecule has 4 nitrogen and oxygen atoms in total. The van der Waals surface area contributed by atoms with Crippen LogP contribution in [0, 0.1) is 5.41 Å². The normalized spacial score (nSPS) is 19.3. The molecule has 0 radical (unpaired) electrons. The van der Waals surface area contributed by atoms with Crippen molar-refractivity contribution in [3.05, 3.63) is 47.3 Å². The largest absolute Gasteiger partial charge is 0.467 e. The van der Waals surface area contributed by atoms with Crippen molar-refractivity contribution in [1.82, 2.24) is 4.57 Å². The van der Waals surface area contributed by atoms with E-state index in [4.69, 9.17) is 9.47 Å². The number of nitrogens with zero attached hydrogens (tertiary/aromatic N) is 1. The first-order valence-electron chi connectivity index (χ1n) is 7.61. The summed E-state index contributed by atoms with van der Waals surface area (Å²) in [5.41, 5.74) is 4.08. The maximum absolute atomic E-state index is 12.3. The Labute approximate surface area is 129 Å². The van der Waals surface area contributed by atoms with Crippen LogP contribution in [0.1, 0.15) is 41.9 Å². The Hall–Kier alpha value is -2.07. The average Bonchev–Trinajstić information content (AvgIpc) is 2.89. The topological polar surface area (TPSA) is 40.5 Å². The van der Waals surface area contributed by atoms with E-state index in [-0.39, 0.29) is 11.2 Å². The van der Waals surface area contributed by atoms with E-state index >= 15 is 0 Å². The molecule has 0 saturated heterocycles. The zero-order valence-corrected chi connectivity index (χ0v) is 12.9. The summed E-state index contributed by atoms with van der Waals surface area (Å²) in [5.74, 6) is 1.11. The molecule has 0 fully saturated rings. The first-order chi connectivity index (χ1) is 10.5. The second-order valence-electron chi connectivity index (χ2n) is 6.89. The standard InChI is InChI=1S/C18H19NO3/c1-18(2)8-15-14(16(20)9-18)5-6-19(15)13-4-3-12-10-21-11-22-17(12)7-13/h3-7H,8-11H2,1-2H3. The Morgan fingerprint density at radius 2 is 2.05 bits per heavy atom. The SMILES string of the molecule is CC1(C)CC(=O)c2ccn(-c3ccc4c(c3)OCOC4)c2C1. The minimum Gasteiger partial charge on any atom is -0.467 e. The van der Waals surface area contributed by atoms with Crippen molar-refractivity contribution in [2.45, 2.75) is 33.3 Å². The number of hydrogen-bond acceptors (Lipinski definition) is 3. The fourth-order valence-corrected chi connectivity index (χ4v) is 3.39. The highest BCUT2D eigenvalue weighted by Crippen LogP contribution is 2.37. The summed E-state index contributed by atoms with van der Waals surface area (Å²) < 4.78 is 13.0. The molecule has 1 aromatic carbocycles. The molecule has 0 amide bonds. The van der Waals surface area contributed by atoms with Crippen molar-refractivity contribution in [2.24, 2.45) is 5.41 Å². The van der Waals surface area contributed by atoms with Crippen LogP contribution < -0.4 is 4.74 Å². The molecule has 2 heterocycles. The molecule has 22 heavy (non-hydrogen) atoms. The lowest BCUT2D eigenvalue weighted by molar-refractivity contribution is -0.0163. The Bertz CT molecular complexity index is 758. The molecule has 1 aliphatic heterocycles. The lowest BCUT2D eigenvalue weighted by Crippen LogP contribution is -2.27. The van der Waals surface area contributed by atoms with Crippen LogP contribution in [0.2, 0.25) is 0 Å². The number of hydrogen-bond donors (Lipinski definition) is 0. The maximum atomic E-state index is 12.3. The fraction of sp³-hybridized carbons (Fsp3) is 0.389. The molecule has 4 rings (SSSR count). The second-order valence-corrected chi connectivity index (χ2v) is 6.89. The average molecular weight is 297 g/mol. The van der Waals surface area contributed by atoms with Crippen LogP contribution in [-0.4, -0.2) is 17.1 Å². The van der Waals surface area contributed by atoms with Crippen LogP contribution >= 0.6 is 0 Å². The van der Waals surface area contributed by atoms with Gasteiger partial charge in [-0.3, -0.25) is 4.79 Å². The van der Waals surface area contributed by atoms with E-state index < -0.39 is 0 Å². The van der Waals surface area contributed by atoms with Gasteiger partial charge in [0.15, 0.2) is 12.6 Å². The molecule has 114 valence electrons.